The zero-order valence-electron chi connectivity index (χ0n) is 20.8. The summed E-state index contributed by atoms with van der Waals surface area (Å²) in [5, 5.41) is 21.7. The third-order valence-electron chi connectivity index (χ3n) is 8.41. The summed E-state index contributed by atoms with van der Waals surface area (Å²) in [7, 11) is 0. The van der Waals surface area contributed by atoms with Crippen LogP contribution in [0.1, 0.15) is 48.8 Å². The maximum Gasteiger partial charge on any atom is 0.419 e. The summed E-state index contributed by atoms with van der Waals surface area (Å²) in [5.74, 6) is -1.04. The third-order valence-corrected chi connectivity index (χ3v) is 8.41. The van der Waals surface area contributed by atoms with Gasteiger partial charge in [-0.15, -0.1) is 0 Å². The molecular formula is C28H30F4N4O2. The molecule has 2 aliphatic carbocycles. The van der Waals surface area contributed by atoms with Crippen molar-refractivity contribution in [3.63, 3.8) is 0 Å². The molecule has 0 spiro atoms. The fraction of sp³-hybridized carbons (Fsp3) is 0.500. The number of nitrogens with one attached hydrogen (secondary N) is 1. The molecule has 1 saturated heterocycles. The highest BCUT2D eigenvalue weighted by Crippen LogP contribution is 2.62. The van der Waals surface area contributed by atoms with E-state index in [2.05, 4.69) is 22.4 Å². The van der Waals surface area contributed by atoms with Crippen molar-refractivity contribution in [1.82, 2.24) is 9.80 Å². The Balaban J connectivity index is 1.32. The number of nitriles is 1. The number of β-amino-alcohol motifs (C(OH)–C–C–N with tert-alkyl or cyclic N) is 1. The van der Waals surface area contributed by atoms with E-state index in [4.69, 9.17) is 0 Å². The van der Waals surface area contributed by atoms with Gasteiger partial charge in [-0.3, -0.25) is 4.90 Å². The van der Waals surface area contributed by atoms with Gasteiger partial charge < -0.3 is 15.3 Å². The standard InChI is InChI=1S/C28H30F4N4O2/c29-25-5-4-21(14-24(25)28(30,31)32)34-26(38)36(11-10-35-9-7-23(37)17-35)22-6-8-27(15-20(27)13-22)19-3-1-2-18(12-19)16-33/h1-5,12,14,20,22-23,37H,6-11,13,15,17H2,(H,34,38)/t20?,22-,23+,27-/m1/s1. The molecule has 2 aromatic rings. The van der Waals surface area contributed by atoms with Crippen LogP contribution in [0.5, 0.6) is 0 Å². The number of nitrogens with zero attached hydrogens (tertiary/aromatic N) is 3. The molecule has 4 atom stereocenters. The number of likely N-dealkylation sites (tertiary alicyclic amines) is 1. The van der Waals surface area contributed by atoms with Crippen molar-refractivity contribution in [2.24, 2.45) is 5.92 Å². The minimum absolute atomic E-state index is 0.00311. The smallest absolute Gasteiger partial charge is 0.392 e. The van der Waals surface area contributed by atoms with E-state index in [-0.39, 0.29) is 17.1 Å². The zero-order chi connectivity index (χ0) is 27.1. The summed E-state index contributed by atoms with van der Waals surface area (Å²) >= 11 is 0. The van der Waals surface area contributed by atoms with Crippen LogP contribution in [0.15, 0.2) is 42.5 Å². The molecule has 0 radical (unpaired) electrons. The van der Waals surface area contributed by atoms with Crippen LogP contribution in [-0.2, 0) is 11.6 Å². The number of carbonyl (C=O) groups excluding carboxylic acids is 1. The van der Waals surface area contributed by atoms with E-state index < -0.39 is 29.7 Å². The first-order valence-electron chi connectivity index (χ1n) is 12.9. The van der Waals surface area contributed by atoms with Crippen LogP contribution in [0.2, 0.25) is 0 Å². The van der Waals surface area contributed by atoms with E-state index >= 15 is 0 Å². The maximum absolute atomic E-state index is 13.8. The van der Waals surface area contributed by atoms with Gasteiger partial charge in [0.15, 0.2) is 0 Å². The highest BCUT2D eigenvalue weighted by atomic mass is 19.4. The molecular weight excluding hydrogens is 500 g/mol. The number of rotatable bonds is 6. The van der Waals surface area contributed by atoms with Gasteiger partial charge in [-0.2, -0.15) is 18.4 Å². The first-order chi connectivity index (χ1) is 18.1. The summed E-state index contributed by atoms with van der Waals surface area (Å²) < 4.78 is 53.4. The van der Waals surface area contributed by atoms with Crippen molar-refractivity contribution in [2.45, 2.75) is 55.8 Å². The molecule has 38 heavy (non-hydrogen) atoms. The summed E-state index contributed by atoms with van der Waals surface area (Å²) in [5.41, 5.74) is 0.232. The number of hydrogen-bond acceptors (Lipinski definition) is 4. The minimum atomic E-state index is -4.87. The second-order valence-corrected chi connectivity index (χ2v) is 10.7. The number of aliphatic hydroxyl groups excluding tert-OH is 1. The van der Waals surface area contributed by atoms with Gasteiger partial charge in [-0.1, -0.05) is 12.1 Å². The summed E-state index contributed by atoms with van der Waals surface area (Å²) in [6.45, 7) is 2.14. The van der Waals surface area contributed by atoms with Crippen LogP contribution in [0, 0.1) is 23.1 Å². The number of fused-ring (bicyclic) bond motifs is 1. The fourth-order valence-corrected chi connectivity index (χ4v) is 6.28. The van der Waals surface area contributed by atoms with E-state index in [9.17, 15) is 32.7 Å². The van der Waals surface area contributed by atoms with Crippen LogP contribution in [0.3, 0.4) is 0 Å². The molecule has 3 fully saturated rings. The molecule has 5 rings (SSSR count). The molecule has 10 heteroatoms. The van der Waals surface area contributed by atoms with Gasteiger partial charge >= 0.3 is 12.2 Å². The average Bonchev–Trinajstić information content (AvgIpc) is 3.49. The van der Waals surface area contributed by atoms with Crippen molar-refractivity contribution in [3.8, 4) is 6.07 Å². The van der Waals surface area contributed by atoms with E-state index in [0.29, 0.717) is 49.7 Å². The SMILES string of the molecule is N#Cc1cccc([C@]23CC[C@@H](N(CCN4CC[C@H](O)C4)C(=O)Nc4ccc(F)c(C(F)(F)F)c4)CC2C3)c1. The highest BCUT2D eigenvalue weighted by molar-refractivity contribution is 5.89. The van der Waals surface area contributed by atoms with Crippen molar-refractivity contribution in [2.75, 3.05) is 31.5 Å². The molecule has 1 unspecified atom stereocenters. The number of hydrogen-bond donors (Lipinski definition) is 2. The number of amides is 2. The lowest BCUT2D eigenvalue weighted by atomic mass is 9.80. The molecule has 3 aliphatic rings. The Bertz CT molecular complexity index is 1250. The lowest BCUT2D eigenvalue weighted by Gasteiger charge is -2.37. The number of halogens is 4. The topological polar surface area (TPSA) is 79.6 Å². The maximum atomic E-state index is 13.8. The molecule has 0 aromatic heterocycles. The molecule has 2 aromatic carbocycles. The molecule has 0 bridgehead atoms. The predicted molar refractivity (Wildman–Crippen MR) is 133 cm³/mol. The van der Waals surface area contributed by atoms with Gasteiger partial charge in [0.05, 0.1) is 23.3 Å². The van der Waals surface area contributed by atoms with Gasteiger partial charge in [0.1, 0.15) is 5.82 Å². The average molecular weight is 531 g/mol. The molecule has 1 aliphatic heterocycles. The van der Waals surface area contributed by atoms with E-state index in [1.165, 1.54) is 0 Å². The van der Waals surface area contributed by atoms with E-state index in [0.717, 1.165) is 43.9 Å². The Kier molecular flexibility index (Phi) is 7.09. The third kappa shape index (κ3) is 5.36. The molecule has 202 valence electrons. The van der Waals surface area contributed by atoms with Crippen molar-refractivity contribution in [3.05, 3.63) is 65.0 Å². The Morgan fingerprint density at radius 1 is 1.24 bits per heavy atom. The predicted octanol–water partition coefficient (Wildman–Crippen LogP) is 5.13. The number of carbonyl (C=O) groups is 1. The Labute approximate surface area is 218 Å². The van der Waals surface area contributed by atoms with Crippen molar-refractivity contribution >= 4 is 11.7 Å². The normalized spacial score (nSPS) is 26.9. The number of urea groups is 1. The first-order valence-corrected chi connectivity index (χ1v) is 12.9. The molecule has 2 amide bonds. The van der Waals surface area contributed by atoms with Gasteiger partial charge in [0, 0.05) is 37.9 Å². The molecule has 2 N–H and O–H groups in total. The highest BCUT2D eigenvalue weighted by Gasteiger charge is 2.58. The van der Waals surface area contributed by atoms with Crippen LogP contribution in [0.25, 0.3) is 0 Å². The Morgan fingerprint density at radius 2 is 2.05 bits per heavy atom. The molecule has 1 heterocycles. The van der Waals surface area contributed by atoms with Crippen LogP contribution in [-0.4, -0.2) is 59.3 Å². The van der Waals surface area contributed by atoms with Gasteiger partial charge in [-0.25, -0.2) is 9.18 Å². The number of benzene rings is 2. The van der Waals surface area contributed by atoms with Gasteiger partial charge in [0.25, 0.3) is 0 Å². The van der Waals surface area contributed by atoms with E-state index in [1.807, 2.05) is 12.1 Å². The van der Waals surface area contributed by atoms with Crippen LogP contribution < -0.4 is 5.32 Å². The first kappa shape index (κ1) is 26.4. The Morgan fingerprint density at radius 3 is 2.74 bits per heavy atom. The summed E-state index contributed by atoms with van der Waals surface area (Å²) in [4.78, 5) is 17.2. The summed E-state index contributed by atoms with van der Waals surface area (Å²) in [6, 6.07) is 11.7. The quantitative estimate of drug-likeness (QED) is 0.508. The Hall–Kier alpha value is -3.16. The lowest BCUT2D eigenvalue weighted by Crippen LogP contribution is -2.48. The van der Waals surface area contributed by atoms with Crippen molar-refractivity contribution in [1.29, 1.82) is 5.26 Å². The van der Waals surface area contributed by atoms with Crippen molar-refractivity contribution < 1.29 is 27.5 Å². The summed E-state index contributed by atoms with van der Waals surface area (Å²) in [6.07, 6.45) is -1.31. The minimum Gasteiger partial charge on any atom is -0.392 e. The molecule has 2 saturated carbocycles. The second kappa shape index (κ2) is 10.2. The second-order valence-electron chi connectivity index (χ2n) is 10.7. The zero-order valence-corrected chi connectivity index (χ0v) is 20.8. The largest absolute Gasteiger partial charge is 0.419 e. The number of aliphatic hydroxyl groups is 1. The van der Waals surface area contributed by atoms with Crippen LogP contribution >= 0.6 is 0 Å². The van der Waals surface area contributed by atoms with Gasteiger partial charge in [0.2, 0.25) is 0 Å². The number of alkyl halides is 3. The van der Waals surface area contributed by atoms with Gasteiger partial charge in [-0.05, 0) is 79.3 Å². The number of anilines is 1. The van der Waals surface area contributed by atoms with E-state index in [1.54, 1.807) is 11.0 Å². The lowest BCUT2D eigenvalue weighted by molar-refractivity contribution is -0.139. The fourth-order valence-electron chi connectivity index (χ4n) is 6.28. The monoisotopic (exact) mass is 530 g/mol. The molecule has 6 nitrogen and oxygen atoms in total. The van der Waals surface area contributed by atoms with Crippen LogP contribution in [0.4, 0.5) is 28.0 Å².